The fourth-order valence-electron chi connectivity index (χ4n) is 3.93. The quantitative estimate of drug-likeness (QED) is 0.934. The molecule has 1 N–H and O–H groups in total. The smallest absolute Gasteiger partial charge is 0.227 e. The van der Waals surface area contributed by atoms with Gasteiger partial charge in [0, 0.05) is 31.1 Å². The number of carbonyl (C=O) groups is 1. The number of anilines is 1. The van der Waals surface area contributed by atoms with Crippen molar-refractivity contribution in [3.8, 4) is 0 Å². The lowest BCUT2D eigenvalue weighted by Crippen LogP contribution is -2.37. The summed E-state index contributed by atoms with van der Waals surface area (Å²) in [6.45, 7) is 3.99. The molecule has 3 heterocycles. The lowest BCUT2D eigenvalue weighted by molar-refractivity contribution is -0.117. The summed E-state index contributed by atoms with van der Waals surface area (Å²) >= 11 is 0. The maximum Gasteiger partial charge on any atom is 0.227 e. The normalized spacial score (nSPS) is 23.1. The van der Waals surface area contributed by atoms with Crippen molar-refractivity contribution in [2.75, 3.05) is 31.1 Å². The predicted molar refractivity (Wildman–Crippen MR) is 91.7 cm³/mol. The molecule has 2 fully saturated rings. The molecule has 6 heteroatoms. The Hall–Kier alpha value is -2.21. The van der Waals surface area contributed by atoms with Crippen LogP contribution >= 0.6 is 0 Å². The molecule has 0 spiro atoms. The van der Waals surface area contributed by atoms with E-state index >= 15 is 0 Å². The first-order valence-electron chi connectivity index (χ1n) is 8.72. The summed E-state index contributed by atoms with van der Waals surface area (Å²) in [6, 6.07) is 10.0. The van der Waals surface area contributed by atoms with Crippen LogP contribution in [0.15, 0.2) is 36.7 Å². The largest absolute Gasteiger partial charge is 0.312 e. The van der Waals surface area contributed by atoms with Crippen LogP contribution in [0.1, 0.15) is 31.0 Å². The molecule has 1 amide bonds. The topological polar surface area (TPSA) is 65.1 Å². The molecule has 1 atom stereocenters. The Morgan fingerprint density at radius 3 is 2.67 bits per heavy atom. The number of hydrogen-bond acceptors (Lipinski definition) is 4. The minimum atomic E-state index is 0.253. The standard InChI is InChI=1S/C18H23N5O/c24-17-10-14(12-23(17)16-4-2-1-3-5-16)11-22-8-6-15(7-9-22)18-19-13-20-21-18/h1-5,13-15H,6-12H2,(H,19,20,21). The molecule has 2 aromatic rings. The van der Waals surface area contributed by atoms with Crippen molar-refractivity contribution >= 4 is 11.6 Å². The SMILES string of the molecule is O=C1CC(CN2CCC(c3ncn[nH]3)CC2)CN1c1ccccc1. The van der Waals surface area contributed by atoms with E-state index in [1.807, 2.05) is 35.2 Å². The van der Waals surface area contributed by atoms with Crippen LogP contribution in [0.4, 0.5) is 5.69 Å². The lowest BCUT2D eigenvalue weighted by atomic mass is 9.95. The Bertz CT molecular complexity index is 664. The molecule has 1 aromatic heterocycles. The van der Waals surface area contributed by atoms with Gasteiger partial charge in [-0.3, -0.25) is 9.89 Å². The Morgan fingerprint density at radius 2 is 1.96 bits per heavy atom. The number of nitrogens with one attached hydrogen (secondary N) is 1. The van der Waals surface area contributed by atoms with Gasteiger partial charge in [-0.15, -0.1) is 0 Å². The monoisotopic (exact) mass is 325 g/mol. The van der Waals surface area contributed by atoms with E-state index in [1.165, 1.54) is 0 Å². The Balaban J connectivity index is 1.30. The third-order valence-electron chi connectivity index (χ3n) is 5.20. The van der Waals surface area contributed by atoms with Gasteiger partial charge in [0.25, 0.3) is 0 Å². The molecule has 2 aliphatic heterocycles. The Kier molecular flexibility index (Phi) is 4.30. The molecule has 2 saturated heterocycles. The number of para-hydroxylation sites is 1. The second-order valence-corrected chi connectivity index (χ2v) is 6.86. The molecule has 6 nitrogen and oxygen atoms in total. The van der Waals surface area contributed by atoms with Gasteiger partial charge in [-0.2, -0.15) is 5.10 Å². The maximum atomic E-state index is 12.3. The molecule has 0 aliphatic carbocycles. The molecule has 2 aliphatic rings. The van der Waals surface area contributed by atoms with Crippen molar-refractivity contribution in [3.05, 3.63) is 42.5 Å². The molecular formula is C18H23N5O. The van der Waals surface area contributed by atoms with Gasteiger partial charge in [-0.25, -0.2) is 4.98 Å². The first-order chi connectivity index (χ1) is 11.8. The summed E-state index contributed by atoms with van der Waals surface area (Å²) in [5, 5.41) is 6.95. The minimum absolute atomic E-state index is 0.253. The van der Waals surface area contributed by atoms with Gasteiger partial charge >= 0.3 is 0 Å². The van der Waals surface area contributed by atoms with E-state index in [2.05, 4.69) is 20.1 Å². The number of carbonyl (C=O) groups excluding carboxylic acids is 1. The third kappa shape index (κ3) is 3.19. The number of nitrogens with zero attached hydrogens (tertiary/aromatic N) is 4. The number of aromatic amines is 1. The number of aromatic nitrogens is 3. The highest BCUT2D eigenvalue weighted by Crippen LogP contribution is 2.29. The van der Waals surface area contributed by atoms with Crippen LogP contribution in [0.3, 0.4) is 0 Å². The van der Waals surface area contributed by atoms with Crippen LogP contribution in [0.5, 0.6) is 0 Å². The van der Waals surface area contributed by atoms with E-state index in [1.54, 1.807) is 6.33 Å². The second kappa shape index (κ2) is 6.73. The van der Waals surface area contributed by atoms with Gasteiger partial charge in [-0.05, 0) is 44.0 Å². The number of rotatable bonds is 4. The van der Waals surface area contributed by atoms with E-state index < -0.39 is 0 Å². The summed E-state index contributed by atoms with van der Waals surface area (Å²) in [5.74, 6) is 2.19. The molecule has 0 radical (unpaired) electrons. The molecule has 0 saturated carbocycles. The average Bonchev–Trinajstić information content (AvgIpc) is 3.26. The van der Waals surface area contributed by atoms with Crippen LogP contribution < -0.4 is 4.90 Å². The van der Waals surface area contributed by atoms with Crippen LogP contribution in [-0.2, 0) is 4.79 Å². The number of hydrogen-bond donors (Lipinski definition) is 1. The number of amides is 1. The zero-order valence-corrected chi connectivity index (χ0v) is 13.8. The summed E-state index contributed by atoms with van der Waals surface area (Å²) in [7, 11) is 0. The van der Waals surface area contributed by atoms with E-state index in [4.69, 9.17) is 0 Å². The van der Waals surface area contributed by atoms with E-state index in [-0.39, 0.29) is 5.91 Å². The first-order valence-corrected chi connectivity index (χ1v) is 8.72. The molecule has 24 heavy (non-hydrogen) atoms. The summed E-state index contributed by atoms with van der Waals surface area (Å²) in [4.78, 5) is 21.0. The highest BCUT2D eigenvalue weighted by atomic mass is 16.2. The summed E-state index contributed by atoms with van der Waals surface area (Å²) in [5.41, 5.74) is 1.02. The molecule has 126 valence electrons. The van der Waals surface area contributed by atoms with Crippen LogP contribution in [-0.4, -0.2) is 52.2 Å². The zero-order chi connectivity index (χ0) is 16.4. The first kappa shape index (κ1) is 15.3. The van der Waals surface area contributed by atoms with Crippen molar-refractivity contribution in [2.45, 2.75) is 25.2 Å². The zero-order valence-electron chi connectivity index (χ0n) is 13.8. The number of benzene rings is 1. The fourth-order valence-corrected chi connectivity index (χ4v) is 3.93. The van der Waals surface area contributed by atoms with Gasteiger partial charge in [0.15, 0.2) is 0 Å². The van der Waals surface area contributed by atoms with Crippen molar-refractivity contribution in [2.24, 2.45) is 5.92 Å². The molecule has 4 rings (SSSR count). The van der Waals surface area contributed by atoms with Gasteiger partial charge in [0.1, 0.15) is 12.2 Å². The van der Waals surface area contributed by atoms with Crippen LogP contribution in [0.25, 0.3) is 0 Å². The van der Waals surface area contributed by atoms with E-state index in [9.17, 15) is 4.79 Å². The van der Waals surface area contributed by atoms with Gasteiger partial charge in [-0.1, -0.05) is 18.2 Å². The number of piperidine rings is 1. The maximum absolute atomic E-state index is 12.3. The van der Waals surface area contributed by atoms with Gasteiger partial charge < -0.3 is 9.80 Å². The molecule has 1 aromatic carbocycles. The molecular weight excluding hydrogens is 302 g/mol. The average molecular weight is 325 g/mol. The van der Waals surface area contributed by atoms with Crippen molar-refractivity contribution in [1.29, 1.82) is 0 Å². The number of likely N-dealkylation sites (tertiary alicyclic amines) is 1. The highest BCUT2D eigenvalue weighted by molar-refractivity contribution is 5.95. The second-order valence-electron chi connectivity index (χ2n) is 6.86. The molecule has 1 unspecified atom stereocenters. The summed E-state index contributed by atoms with van der Waals surface area (Å²) in [6.07, 6.45) is 4.47. The van der Waals surface area contributed by atoms with Crippen LogP contribution in [0.2, 0.25) is 0 Å². The minimum Gasteiger partial charge on any atom is -0.312 e. The third-order valence-corrected chi connectivity index (χ3v) is 5.20. The highest BCUT2D eigenvalue weighted by Gasteiger charge is 2.32. The molecule has 0 bridgehead atoms. The van der Waals surface area contributed by atoms with Gasteiger partial charge in [0.05, 0.1) is 0 Å². The number of H-pyrrole nitrogens is 1. The van der Waals surface area contributed by atoms with Crippen molar-refractivity contribution in [3.63, 3.8) is 0 Å². The Labute approximate surface area is 141 Å². The van der Waals surface area contributed by atoms with Gasteiger partial charge in [0.2, 0.25) is 5.91 Å². The lowest BCUT2D eigenvalue weighted by Gasteiger charge is -2.32. The predicted octanol–water partition coefficient (Wildman–Crippen LogP) is 2.04. The van der Waals surface area contributed by atoms with E-state index in [0.717, 1.165) is 50.5 Å². The van der Waals surface area contributed by atoms with Crippen molar-refractivity contribution in [1.82, 2.24) is 20.1 Å². The fraction of sp³-hybridized carbons (Fsp3) is 0.500. The Morgan fingerprint density at radius 1 is 1.17 bits per heavy atom. The van der Waals surface area contributed by atoms with E-state index in [0.29, 0.717) is 18.3 Å². The van der Waals surface area contributed by atoms with Crippen molar-refractivity contribution < 1.29 is 4.79 Å². The van der Waals surface area contributed by atoms with Crippen LogP contribution in [0, 0.1) is 5.92 Å². The summed E-state index contributed by atoms with van der Waals surface area (Å²) < 4.78 is 0.